The minimum atomic E-state index is -0.541. The van der Waals surface area contributed by atoms with Crippen molar-refractivity contribution in [2.75, 3.05) is 25.5 Å². The maximum atomic E-state index is 12.5. The van der Waals surface area contributed by atoms with E-state index in [1.807, 2.05) is 31.3 Å². The van der Waals surface area contributed by atoms with Gasteiger partial charge in [0.2, 0.25) is 0 Å². The second kappa shape index (κ2) is 9.82. The molecule has 2 N–H and O–H groups in total. The fraction of sp³-hybridized carbons (Fsp3) is 0.350. The third-order valence-corrected chi connectivity index (χ3v) is 5.64. The summed E-state index contributed by atoms with van der Waals surface area (Å²) >= 11 is 6.99. The standard InChI is InChI=1S/C20H23ClN2O4S/c1-5-27-20(26)17-12(2)18(13(3)24)28-19(17)22-16(25)11-23(4)10-14-6-8-15(21)9-7-14/h6-9H,5,10-11H2,1-4H3,(H,22,25)/p+1. The predicted octanol–water partition coefficient (Wildman–Crippen LogP) is 2.74. The van der Waals surface area contributed by atoms with Crippen molar-refractivity contribution in [3.8, 4) is 0 Å². The number of anilines is 1. The van der Waals surface area contributed by atoms with Crippen LogP contribution in [-0.4, -0.2) is 37.9 Å². The highest BCUT2D eigenvalue weighted by atomic mass is 35.5. The highest BCUT2D eigenvalue weighted by Crippen LogP contribution is 2.34. The van der Waals surface area contributed by atoms with Crippen LogP contribution in [0.3, 0.4) is 0 Å². The van der Waals surface area contributed by atoms with Gasteiger partial charge in [-0.25, -0.2) is 4.79 Å². The largest absolute Gasteiger partial charge is 0.462 e. The first-order valence-corrected chi connectivity index (χ1v) is 10.1. The van der Waals surface area contributed by atoms with Crippen LogP contribution in [0.4, 0.5) is 5.00 Å². The fourth-order valence-corrected chi connectivity index (χ4v) is 4.08. The summed E-state index contributed by atoms with van der Waals surface area (Å²) in [5, 5.41) is 3.80. The average Bonchev–Trinajstić information content (AvgIpc) is 2.93. The lowest BCUT2D eigenvalue weighted by molar-refractivity contribution is -0.885. The number of hydrogen-bond donors (Lipinski definition) is 2. The van der Waals surface area contributed by atoms with Crippen molar-refractivity contribution in [3.63, 3.8) is 0 Å². The Bertz CT molecular complexity index is 877. The van der Waals surface area contributed by atoms with Gasteiger partial charge in [-0.3, -0.25) is 9.59 Å². The molecule has 1 unspecified atom stereocenters. The summed E-state index contributed by atoms with van der Waals surface area (Å²) in [5.74, 6) is -0.937. The Labute approximate surface area is 173 Å². The Hall–Kier alpha value is -2.22. The Morgan fingerprint density at radius 2 is 1.86 bits per heavy atom. The first-order chi connectivity index (χ1) is 13.2. The zero-order valence-corrected chi connectivity index (χ0v) is 17.9. The molecule has 0 fully saturated rings. The molecule has 2 rings (SSSR count). The molecule has 0 aliphatic carbocycles. The van der Waals surface area contributed by atoms with Crippen LogP contribution in [0.5, 0.6) is 0 Å². The van der Waals surface area contributed by atoms with Crippen molar-refractivity contribution in [2.45, 2.75) is 27.3 Å². The highest BCUT2D eigenvalue weighted by Gasteiger charge is 2.25. The van der Waals surface area contributed by atoms with Crippen LogP contribution in [0.15, 0.2) is 24.3 Å². The molecule has 1 atom stereocenters. The fourth-order valence-electron chi connectivity index (χ4n) is 2.84. The van der Waals surface area contributed by atoms with Crippen molar-refractivity contribution >= 4 is 45.6 Å². The number of hydrogen-bond acceptors (Lipinski definition) is 5. The van der Waals surface area contributed by atoms with Crippen LogP contribution >= 0.6 is 22.9 Å². The van der Waals surface area contributed by atoms with E-state index in [4.69, 9.17) is 16.3 Å². The van der Waals surface area contributed by atoms with Gasteiger partial charge in [0.15, 0.2) is 12.3 Å². The highest BCUT2D eigenvalue weighted by molar-refractivity contribution is 7.18. The number of thiophene rings is 1. The van der Waals surface area contributed by atoms with Gasteiger partial charge in [0.1, 0.15) is 11.5 Å². The number of rotatable bonds is 8. The first kappa shape index (κ1) is 22.1. The van der Waals surface area contributed by atoms with E-state index in [0.717, 1.165) is 21.8 Å². The van der Waals surface area contributed by atoms with E-state index in [1.165, 1.54) is 6.92 Å². The number of likely N-dealkylation sites (N-methyl/N-ethyl adjacent to an activating group) is 1. The number of nitrogens with one attached hydrogen (secondary N) is 2. The number of carbonyl (C=O) groups excluding carboxylic acids is 3. The molecule has 1 amide bonds. The number of esters is 1. The molecule has 1 aromatic carbocycles. The summed E-state index contributed by atoms with van der Waals surface area (Å²) in [6, 6.07) is 7.47. The lowest BCUT2D eigenvalue weighted by Gasteiger charge is -2.14. The number of ether oxygens (including phenoxy) is 1. The van der Waals surface area contributed by atoms with Gasteiger partial charge < -0.3 is 15.0 Å². The Kier molecular flexibility index (Phi) is 7.74. The monoisotopic (exact) mass is 423 g/mol. The molecule has 6 nitrogen and oxygen atoms in total. The summed E-state index contributed by atoms with van der Waals surface area (Å²) in [6.45, 7) is 5.90. The molecule has 0 radical (unpaired) electrons. The molecule has 1 aromatic heterocycles. The van der Waals surface area contributed by atoms with E-state index in [-0.39, 0.29) is 30.4 Å². The molecule has 28 heavy (non-hydrogen) atoms. The van der Waals surface area contributed by atoms with Crippen LogP contribution in [0.2, 0.25) is 5.02 Å². The van der Waals surface area contributed by atoms with Gasteiger partial charge in [-0.1, -0.05) is 23.7 Å². The SMILES string of the molecule is CCOC(=O)c1c(NC(=O)C[NH+](C)Cc2ccc(Cl)cc2)sc(C(C)=O)c1C. The van der Waals surface area contributed by atoms with E-state index in [0.29, 0.717) is 27.0 Å². The van der Waals surface area contributed by atoms with Crippen molar-refractivity contribution in [3.05, 3.63) is 50.9 Å². The number of halogens is 1. The molecule has 0 saturated carbocycles. The van der Waals surface area contributed by atoms with Gasteiger partial charge in [0.05, 0.1) is 24.1 Å². The minimum absolute atomic E-state index is 0.154. The number of benzene rings is 1. The molecule has 0 aliphatic heterocycles. The quantitative estimate of drug-likeness (QED) is 0.505. The first-order valence-electron chi connectivity index (χ1n) is 8.90. The summed E-state index contributed by atoms with van der Waals surface area (Å²) in [4.78, 5) is 38.1. The van der Waals surface area contributed by atoms with Crippen molar-refractivity contribution in [1.29, 1.82) is 0 Å². The van der Waals surface area contributed by atoms with Crippen molar-refractivity contribution < 1.29 is 24.0 Å². The lowest BCUT2D eigenvalue weighted by atomic mass is 10.1. The Morgan fingerprint density at radius 3 is 2.43 bits per heavy atom. The third-order valence-electron chi connectivity index (χ3n) is 4.08. The maximum absolute atomic E-state index is 12.5. The third kappa shape index (κ3) is 5.64. The van der Waals surface area contributed by atoms with E-state index >= 15 is 0 Å². The van der Waals surface area contributed by atoms with Crippen LogP contribution in [-0.2, 0) is 16.1 Å². The zero-order chi connectivity index (χ0) is 20.8. The van der Waals surface area contributed by atoms with Crippen LogP contribution in [0.25, 0.3) is 0 Å². The molecular weight excluding hydrogens is 400 g/mol. The van der Waals surface area contributed by atoms with Gasteiger partial charge in [-0.05, 0) is 38.5 Å². The van der Waals surface area contributed by atoms with E-state index in [1.54, 1.807) is 13.8 Å². The van der Waals surface area contributed by atoms with E-state index < -0.39 is 5.97 Å². The zero-order valence-electron chi connectivity index (χ0n) is 16.3. The van der Waals surface area contributed by atoms with Gasteiger partial charge >= 0.3 is 5.97 Å². The van der Waals surface area contributed by atoms with Gasteiger partial charge in [-0.2, -0.15) is 0 Å². The van der Waals surface area contributed by atoms with Crippen molar-refractivity contribution in [1.82, 2.24) is 0 Å². The topological polar surface area (TPSA) is 76.9 Å². The molecule has 8 heteroatoms. The second-order valence-corrected chi connectivity index (χ2v) is 7.98. The number of Topliss-reactive ketones (excluding diaryl/α,β-unsaturated/α-hetero) is 1. The minimum Gasteiger partial charge on any atom is -0.462 e. The van der Waals surface area contributed by atoms with Gasteiger partial charge in [0.25, 0.3) is 5.91 Å². The van der Waals surface area contributed by atoms with Crippen molar-refractivity contribution in [2.24, 2.45) is 0 Å². The number of carbonyl (C=O) groups is 3. The van der Waals surface area contributed by atoms with E-state index in [9.17, 15) is 14.4 Å². The molecule has 1 heterocycles. The second-order valence-electron chi connectivity index (χ2n) is 6.52. The normalized spacial score (nSPS) is 11.8. The number of quaternary nitrogens is 1. The summed E-state index contributed by atoms with van der Waals surface area (Å²) in [5.41, 5.74) is 1.85. The van der Waals surface area contributed by atoms with Crippen LogP contribution < -0.4 is 10.2 Å². The van der Waals surface area contributed by atoms with Gasteiger partial charge in [0, 0.05) is 10.6 Å². The molecule has 2 aromatic rings. The molecule has 0 bridgehead atoms. The number of amides is 1. The molecule has 150 valence electrons. The molecule has 0 spiro atoms. The average molecular weight is 424 g/mol. The Balaban J connectivity index is 2.11. The summed E-state index contributed by atoms with van der Waals surface area (Å²) in [6.07, 6.45) is 0. The molecular formula is C20H24ClN2O4S+. The Morgan fingerprint density at radius 1 is 1.21 bits per heavy atom. The summed E-state index contributed by atoms with van der Waals surface area (Å²) < 4.78 is 5.08. The predicted molar refractivity (Wildman–Crippen MR) is 111 cm³/mol. The number of ketones is 1. The van der Waals surface area contributed by atoms with Gasteiger partial charge in [-0.15, -0.1) is 11.3 Å². The van der Waals surface area contributed by atoms with E-state index in [2.05, 4.69) is 5.32 Å². The van der Waals surface area contributed by atoms with Crippen LogP contribution in [0, 0.1) is 6.92 Å². The summed E-state index contributed by atoms with van der Waals surface area (Å²) in [7, 11) is 1.90. The molecule has 0 aliphatic rings. The molecule has 0 saturated heterocycles. The van der Waals surface area contributed by atoms with Crippen LogP contribution in [0.1, 0.15) is 45.0 Å². The lowest BCUT2D eigenvalue weighted by Crippen LogP contribution is -3.08. The smallest absolute Gasteiger partial charge is 0.341 e. The maximum Gasteiger partial charge on any atom is 0.341 e.